The van der Waals surface area contributed by atoms with E-state index in [9.17, 15) is 18.4 Å². The number of carbonyl (C=O) groups excluding carboxylic acids is 2. The molecule has 1 aromatic carbocycles. The maximum Gasteiger partial charge on any atom is 0.313 e. The molecule has 0 radical (unpaired) electrons. The maximum atomic E-state index is 14.1. The van der Waals surface area contributed by atoms with E-state index in [1.807, 2.05) is 0 Å². The van der Waals surface area contributed by atoms with E-state index in [4.69, 9.17) is 10.5 Å². The van der Waals surface area contributed by atoms with Crippen molar-refractivity contribution < 1.29 is 23.1 Å². The predicted molar refractivity (Wildman–Crippen MR) is 65.8 cm³/mol. The van der Waals surface area contributed by atoms with Gasteiger partial charge in [-0.3, -0.25) is 9.59 Å². The van der Waals surface area contributed by atoms with Crippen LogP contribution in [0.5, 0.6) is 0 Å². The van der Waals surface area contributed by atoms with E-state index in [0.29, 0.717) is 0 Å². The summed E-state index contributed by atoms with van der Waals surface area (Å²) in [6.45, 7) is 4.10. The first kappa shape index (κ1) is 15.1. The number of esters is 1. The summed E-state index contributed by atoms with van der Waals surface area (Å²) in [4.78, 5) is 22.9. The molecule has 1 aromatic rings. The van der Waals surface area contributed by atoms with Gasteiger partial charge in [0.25, 0.3) is 0 Å². The first-order chi connectivity index (χ1) is 8.81. The summed E-state index contributed by atoms with van der Waals surface area (Å²) in [7, 11) is 0. The Morgan fingerprint density at radius 1 is 1.42 bits per heavy atom. The topological polar surface area (TPSA) is 69.4 Å². The summed E-state index contributed by atoms with van der Waals surface area (Å²) >= 11 is 0. The Kier molecular flexibility index (Phi) is 4.58. The minimum Gasteiger partial charge on any atom is -0.466 e. The molecule has 1 rings (SSSR count). The number of hydrogen-bond donors (Lipinski definition) is 1. The van der Waals surface area contributed by atoms with Crippen LogP contribution in [0.15, 0.2) is 6.07 Å². The number of halogens is 2. The van der Waals surface area contributed by atoms with Crippen LogP contribution >= 0.6 is 0 Å². The van der Waals surface area contributed by atoms with Gasteiger partial charge in [-0.05, 0) is 26.8 Å². The molecule has 19 heavy (non-hydrogen) atoms. The van der Waals surface area contributed by atoms with E-state index in [2.05, 4.69) is 0 Å². The fraction of sp³-hybridized carbons (Fsp3) is 0.385. The largest absolute Gasteiger partial charge is 0.466 e. The van der Waals surface area contributed by atoms with E-state index in [0.717, 1.165) is 13.0 Å². The van der Waals surface area contributed by atoms with E-state index < -0.39 is 40.4 Å². The first-order valence-corrected chi connectivity index (χ1v) is 5.76. The Bertz CT molecular complexity index is 529. The lowest BCUT2D eigenvalue weighted by Crippen LogP contribution is -2.18. The van der Waals surface area contributed by atoms with Crippen LogP contribution in [0.4, 0.5) is 14.5 Å². The van der Waals surface area contributed by atoms with Crippen molar-refractivity contribution in [3.05, 3.63) is 28.8 Å². The Morgan fingerprint density at radius 2 is 2.00 bits per heavy atom. The molecule has 0 spiro atoms. The molecule has 1 atom stereocenters. The summed E-state index contributed by atoms with van der Waals surface area (Å²) in [5.74, 6) is -4.63. The molecule has 6 heteroatoms. The molecule has 4 nitrogen and oxygen atoms in total. The van der Waals surface area contributed by atoms with Gasteiger partial charge in [0, 0.05) is 11.3 Å². The van der Waals surface area contributed by atoms with Crippen molar-refractivity contribution in [1.29, 1.82) is 0 Å². The Hall–Kier alpha value is -1.98. The van der Waals surface area contributed by atoms with Crippen LogP contribution in [0.1, 0.15) is 42.6 Å². The summed E-state index contributed by atoms with van der Waals surface area (Å²) < 4.78 is 32.6. The third-order valence-electron chi connectivity index (χ3n) is 2.71. The van der Waals surface area contributed by atoms with Gasteiger partial charge in [0.05, 0.1) is 18.1 Å². The Morgan fingerprint density at radius 3 is 2.47 bits per heavy atom. The number of carbonyl (C=O) groups is 2. The third kappa shape index (κ3) is 2.89. The fourth-order valence-corrected chi connectivity index (χ4v) is 1.79. The average Bonchev–Trinajstić information content (AvgIpc) is 2.27. The molecule has 0 amide bonds. The zero-order valence-electron chi connectivity index (χ0n) is 10.9. The van der Waals surface area contributed by atoms with Gasteiger partial charge in [0.1, 0.15) is 11.6 Å². The molecule has 0 saturated heterocycles. The Labute approximate surface area is 109 Å². The number of nitrogen functional groups attached to an aromatic ring is 1. The zero-order chi connectivity index (χ0) is 14.7. The lowest BCUT2D eigenvalue weighted by Gasteiger charge is -2.15. The zero-order valence-corrected chi connectivity index (χ0v) is 10.9. The molecule has 0 saturated carbocycles. The highest BCUT2D eigenvalue weighted by atomic mass is 19.1. The minimum absolute atomic E-state index is 0.0982. The molecular weight excluding hydrogens is 256 g/mol. The molecular formula is C13H15F2NO3. The van der Waals surface area contributed by atoms with Gasteiger partial charge in [-0.25, -0.2) is 8.78 Å². The first-order valence-electron chi connectivity index (χ1n) is 5.76. The quantitative estimate of drug-likeness (QED) is 0.518. The van der Waals surface area contributed by atoms with Crippen molar-refractivity contribution in [3.63, 3.8) is 0 Å². The molecule has 2 N–H and O–H groups in total. The summed E-state index contributed by atoms with van der Waals surface area (Å²) in [5.41, 5.74) is 4.21. The second-order valence-corrected chi connectivity index (χ2v) is 4.08. The highest BCUT2D eigenvalue weighted by Crippen LogP contribution is 2.29. The third-order valence-corrected chi connectivity index (χ3v) is 2.71. The molecule has 0 aromatic heterocycles. The molecule has 1 unspecified atom stereocenters. The number of nitrogens with two attached hydrogens (primary N) is 1. The van der Waals surface area contributed by atoms with Crippen LogP contribution in [0.25, 0.3) is 0 Å². The Balaban J connectivity index is 3.39. The monoisotopic (exact) mass is 271 g/mol. The van der Waals surface area contributed by atoms with E-state index in [1.165, 1.54) is 6.92 Å². The molecule has 0 heterocycles. The van der Waals surface area contributed by atoms with Gasteiger partial charge < -0.3 is 10.5 Å². The van der Waals surface area contributed by atoms with Crippen LogP contribution in [0.3, 0.4) is 0 Å². The number of ketones is 1. The molecule has 0 bridgehead atoms. The van der Waals surface area contributed by atoms with Crippen molar-refractivity contribution in [2.75, 3.05) is 12.3 Å². The van der Waals surface area contributed by atoms with Gasteiger partial charge in [0.2, 0.25) is 0 Å². The van der Waals surface area contributed by atoms with E-state index >= 15 is 0 Å². The molecule has 104 valence electrons. The lowest BCUT2D eigenvalue weighted by atomic mass is 9.95. The lowest BCUT2D eigenvalue weighted by molar-refractivity contribution is -0.144. The summed E-state index contributed by atoms with van der Waals surface area (Å²) in [5, 5.41) is 0. The molecule has 0 aliphatic carbocycles. The van der Waals surface area contributed by atoms with Crippen molar-refractivity contribution in [2.24, 2.45) is 0 Å². The SMILES string of the molecule is CCOC(=O)C(C)c1c(F)cc(N)c(C(C)=O)c1F. The number of ether oxygens (including phenoxy) is 1. The van der Waals surface area contributed by atoms with Crippen LogP contribution < -0.4 is 5.73 Å². The van der Waals surface area contributed by atoms with Crippen molar-refractivity contribution in [1.82, 2.24) is 0 Å². The fourth-order valence-electron chi connectivity index (χ4n) is 1.79. The van der Waals surface area contributed by atoms with Gasteiger partial charge in [-0.15, -0.1) is 0 Å². The van der Waals surface area contributed by atoms with Crippen molar-refractivity contribution >= 4 is 17.4 Å². The van der Waals surface area contributed by atoms with E-state index in [-0.39, 0.29) is 12.3 Å². The van der Waals surface area contributed by atoms with Gasteiger partial charge >= 0.3 is 5.97 Å². The number of hydrogen-bond acceptors (Lipinski definition) is 4. The highest BCUT2D eigenvalue weighted by Gasteiger charge is 2.28. The van der Waals surface area contributed by atoms with Crippen LogP contribution in [-0.2, 0) is 9.53 Å². The smallest absolute Gasteiger partial charge is 0.313 e. The number of benzene rings is 1. The van der Waals surface area contributed by atoms with E-state index in [1.54, 1.807) is 6.92 Å². The predicted octanol–water partition coefficient (Wildman–Crippen LogP) is 2.42. The van der Waals surface area contributed by atoms with Gasteiger partial charge in [-0.2, -0.15) is 0 Å². The highest BCUT2D eigenvalue weighted by molar-refractivity contribution is 6.00. The number of rotatable bonds is 4. The van der Waals surface area contributed by atoms with Gasteiger partial charge in [0.15, 0.2) is 5.78 Å². The minimum atomic E-state index is -1.15. The maximum absolute atomic E-state index is 14.1. The van der Waals surface area contributed by atoms with Crippen molar-refractivity contribution in [2.45, 2.75) is 26.7 Å². The second-order valence-electron chi connectivity index (χ2n) is 4.08. The van der Waals surface area contributed by atoms with Crippen LogP contribution in [0.2, 0.25) is 0 Å². The standard InChI is InChI=1S/C13H15F2NO3/c1-4-19-13(18)6(2)10-8(14)5-9(16)11(7(3)17)12(10)15/h5-6H,4,16H2,1-3H3. The average molecular weight is 271 g/mol. The van der Waals surface area contributed by atoms with Gasteiger partial charge in [-0.1, -0.05) is 0 Å². The molecule has 0 aliphatic heterocycles. The number of Topliss-reactive ketones (excluding diaryl/α,β-unsaturated/α-hetero) is 1. The normalized spacial score (nSPS) is 12.1. The summed E-state index contributed by atoms with van der Waals surface area (Å²) in [6, 6.07) is 0.838. The van der Waals surface area contributed by atoms with Crippen molar-refractivity contribution in [3.8, 4) is 0 Å². The number of anilines is 1. The summed E-state index contributed by atoms with van der Waals surface area (Å²) in [6.07, 6.45) is 0. The van der Waals surface area contributed by atoms with Crippen LogP contribution in [-0.4, -0.2) is 18.4 Å². The molecule has 0 aliphatic rings. The second kappa shape index (κ2) is 5.77. The van der Waals surface area contributed by atoms with Crippen LogP contribution in [0, 0.1) is 11.6 Å². The molecule has 0 fully saturated rings.